The van der Waals surface area contributed by atoms with Gasteiger partial charge in [-0.25, -0.2) is 0 Å². The number of hydrogen-bond donors (Lipinski definition) is 1. The van der Waals surface area contributed by atoms with E-state index in [4.69, 9.17) is 0 Å². The van der Waals surface area contributed by atoms with Crippen molar-refractivity contribution in [1.82, 2.24) is 20.0 Å². The van der Waals surface area contributed by atoms with E-state index in [0.29, 0.717) is 11.3 Å². The Morgan fingerprint density at radius 2 is 2.05 bits per heavy atom. The van der Waals surface area contributed by atoms with Crippen LogP contribution >= 0.6 is 0 Å². The van der Waals surface area contributed by atoms with Crippen molar-refractivity contribution in [1.29, 1.82) is 0 Å². The standard InChI is InChI=1S/C12H16N4O3/c1-7-8(5-13-15(7)4)10(18)16-6-9(17)14-11(19)12(16,2)3/h5H,6H2,1-4H3,(H,14,17,19). The first-order chi connectivity index (χ1) is 8.75. The van der Waals surface area contributed by atoms with Gasteiger partial charge in [-0.05, 0) is 20.8 Å². The normalized spacial score (nSPS) is 18.4. The molecule has 2 rings (SSSR count). The third-order valence-electron chi connectivity index (χ3n) is 3.50. The second kappa shape index (κ2) is 4.18. The summed E-state index contributed by atoms with van der Waals surface area (Å²) >= 11 is 0. The first-order valence-electron chi connectivity index (χ1n) is 5.90. The van der Waals surface area contributed by atoms with E-state index in [1.807, 2.05) is 0 Å². The van der Waals surface area contributed by atoms with Crippen LogP contribution in [0.25, 0.3) is 0 Å². The molecule has 0 aromatic carbocycles. The molecule has 0 atom stereocenters. The molecule has 19 heavy (non-hydrogen) atoms. The second-order valence-corrected chi connectivity index (χ2v) is 5.09. The molecule has 0 aliphatic carbocycles. The van der Waals surface area contributed by atoms with Gasteiger partial charge in [0.1, 0.15) is 12.1 Å². The molecule has 7 heteroatoms. The van der Waals surface area contributed by atoms with Gasteiger partial charge < -0.3 is 4.90 Å². The van der Waals surface area contributed by atoms with Gasteiger partial charge in [-0.15, -0.1) is 0 Å². The predicted molar refractivity (Wildman–Crippen MR) is 66.2 cm³/mol. The van der Waals surface area contributed by atoms with Gasteiger partial charge in [0, 0.05) is 12.7 Å². The molecule has 3 amide bonds. The van der Waals surface area contributed by atoms with Crippen LogP contribution in [0.15, 0.2) is 6.20 Å². The Labute approximate surface area is 110 Å². The largest absolute Gasteiger partial charge is 0.315 e. The molecular formula is C12H16N4O3. The van der Waals surface area contributed by atoms with Crippen LogP contribution in [0.1, 0.15) is 29.9 Å². The number of hydrogen-bond acceptors (Lipinski definition) is 4. The van der Waals surface area contributed by atoms with E-state index >= 15 is 0 Å². The van der Waals surface area contributed by atoms with E-state index in [1.165, 1.54) is 11.1 Å². The molecule has 0 spiro atoms. The predicted octanol–water partition coefficient (Wildman–Crippen LogP) is -0.394. The molecule has 1 aromatic rings. The zero-order valence-corrected chi connectivity index (χ0v) is 11.4. The lowest BCUT2D eigenvalue weighted by molar-refractivity contribution is -0.143. The van der Waals surface area contributed by atoms with Crippen LogP contribution in [0.4, 0.5) is 0 Å². The van der Waals surface area contributed by atoms with E-state index in [2.05, 4.69) is 10.4 Å². The lowest BCUT2D eigenvalue weighted by atomic mass is 9.97. The molecule has 102 valence electrons. The van der Waals surface area contributed by atoms with Crippen molar-refractivity contribution in [2.45, 2.75) is 26.3 Å². The summed E-state index contributed by atoms with van der Waals surface area (Å²) in [7, 11) is 1.73. The van der Waals surface area contributed by atoms with Crippen molar-refractivity contribution in [3.05, 3.63) is 17.5 Å². The minimum absolute atomic E-state index is 0.133. The van der Waals surface area contributed by atoms with Gasteiger partial charge in [-0.1, -0.05) is 0 Å². The summed E-state index contributed by atoms with van der Waals surface area (Å²) < 4.78 is 1.58. The molecule has 0 bridgehead atoms. The maximum absolute atomic E-state index is 12.5. The molecule has 7 nitrogen and oxygen atoms in total. The highest BCUT2D eigenvalue weighted by Gasteiger charge is 2.44. The van der Waals surface area contributed by atoms with Crippen LogP contribution in [0.3, 0.4) is 0 Å². The van der Waals surface area contributed by atoms with E-state index < -0.39 is 17.4 Å². The number of nitrogens with one attached hydrogen (secondary N) is 1. The Hall–Kier alpha value is -2.18. The molecule has 1 saturated heterocycles. The van der Waals surface area contributed by atoms with Crippen LogP contribution in [0, 0.1) is 6.92 Å². The van der Waals surface area contributed by atoms with Crippen LogP contribution in [0.5, 0.6) is 0 Å². The minimum Gasteiger partial charge on any atom is -0.315 e. The molecule has 1 aliphatic rings. The smallest absolute Gasteiger partial charge is 0.258 e. The fraction of sp³-hybridized carbons (Fsp3) is 0.500. The second-order valence-electron chi connectivity index (χ2n) is 5.09. The minimum atomic E-state index is -1.06. The van der Waals surface area contributed by atoms with Crippen LogP contribution in [-0.4, -0.2) is 44.5 Å². The van der Waals surface area contributed by atoms with Crippen LogP contribution in [-0.2, 0) is 16.6 Å². The lowest BCUT2D eigenvalue weighted by Crippen LogP contribution is -2.65. The number of carbonyl (C=O) groups is 3. The van der Waals surface area contributed by atoms with Gasteiger partial charge in [0.05, 0.1) is 11.8 Å². The van der Waals surface area contributed by atoms with Gasteiger partial charge in [0.25, 0.3) is 11.8 Å². The fourth-order valence-corrected chi connectivity index (χ4v) is 1.96. The zero-order valence-electron chi connectivity index (χ0n) is 11.4. The van der Waals surface area contributed by atoms with Gasteiger partial charge in [0.2, 0.25) is 5.91 Å². The third kappa shape index (κ3) is 2.00. The SMILES string of the molecule is Cc1c(C(=O)N2CC(=O)NC(=O)C2(C)C)cnn1C. The molecule has 2 heterocycles. The Bertz CT molecular complexity index is 574. The maximum Gasteiger partial charge on any atom is 0.258 e. The number of nitrogens with zero attached hydrogens (tertiary/aromatic N) is 3. The number of aromatic nitrogens is 2. The summed E-state index contributed by atoms with van der Waals surface area (Å²) in [6.45, 7) is 4.85. The molecule has 1 aromatic heterocycles. The van der Waals surface area contributed by atoms with Crippen molar-refractivity contribution in [3.8, 4) is 0 Å². The first kappa shape index (κ1) is 13.3. The number of amides is 3. The third-order valence-corrected chi connectivity index (χ3v) is 3.50. The summed E-state index contributed by atoms with van der Waals surface area (Å²) in [6.07, 6.45) is 1.45. The highest BCUT2D eigenvalue weighted by Crippen LogP contribution is 2.22. The number of carbonyl (C=O) groups excluding carboxylic acids is 3. The zero-order chi connectivity index (χ0) is 14.4. The number of rotatable bonds is 1. The summed E-state index contributed by atoms with van der Waals surface area (Å²) in [6, 6.07) is 0. The quantitative estimate of drug-likeness (QED) is 0.700. The highest BCUT2D eigenvalue weighted by atomic mass is 16.2. The molecule has 1 aliphatic heterocycles. The average Bonchev–Trinajstić information content (AvgIpc) is 2.64. The molecule has 1 fully saturated rings. The van der Waals surface area contributed by atoms with Gasteiger partial charge in [0.15, 0.2) is 0 Å². The van der Waals surface area contributed by atoms with Crippen molar-refractivity contribution in [3.63, 3.8) is 0 Å². The molecule has 0 radical (unpaired) electrons. The fourth-order valence-electron chi connectivity index (χ4n) is 1.96. The van der Waals surface area contributed by atoms with Crippen molar-refractivity contribution in [2.75, 3.05) is 6.54 Å². The Kier molecular flexibility index (Phi) is 2.92. The molecule has 0 saturated carbocycles. The van der Waals surface area contributed by atoms with E-state index in [1.54, 1.807) is 32.5 Å². The van der Waals surface area contributed by atoms with Gasteiger partial charge in [-0.2, -0.15) is 5.10 Å². The summed E-state index contributed by atoms with van der Waals surface area (Å²) in [4.78, 5) is 37.0. The van der Waals surface area contributed by atoms with Crippen molar-refractivity contribution >= 4 is 17.7 Å². The Balaban J connectivity index is 2.39. The molecular weight excluding hydrogens is 248 g/mol. The van der Waals surface area contributed by atoms with E-state index in [-0.39, 0.29) is 12.5 Å². The topological polar surface area (TPSA) is 84.3 Å². The summed E-state index contributed by atoms with van der Waals surface area (Å²) in [5.41, 5.74) is 0.0325. The number of piperazine rings is 1. The van der Waals surface area contributed by atoms with Gasteiger partial charge >= 0.3 is 0 Å². The Morgan fingerprint density at radius 1 is 1.42 bits per heavy atom. The van der Waals surface area contributed by atoms with E-state index in [9.17, 15) is 14.4 Å². The number of imide groups is 1. The lowest BCUT2D eigenvalue weighted by Gasteiger charge is -2.40. The maximum atomic E-state index is 12.5. The van der Waals surface area contributed by atoms with Crippen molar-refractivity contribution < 1.29 is 14.4 Å². The monoisotopic (exact) mass is 264 g/mol. The Morgan fingerprint density at radius 3 is 2.58 bits per heavy atom. The summed E-state index contributed by atoms with van der Waals surface area (Å²) in [5, 5.41) is 6.23. The molecule has 1 N–H and O–H groups in total. The molecule has 0 unspecified atom stereocenters. The van der Waals surface area contributed by atoms with E-state index in [0.717, 1.165) is 0 Å². The number of aryl methyl sites for hydroxylation is 1. The van der Waals surface area contributed by atoms with Crippen LogP contribution in [0.2, 0.25) is 0 Å². The van der Waals surface area contributed by atoms with Gasteiger partial charge in [-0.3, -0.25) is 24.4 Å². The van der Waals surface area contributed by atoms with Crippen LogP contribution < -0.4 is 5.32 Å². The average molecular weight is 264 g/mol. The summed E-state index contributed by atoms with van der Waals surface area (Å²) in [5.74, 6) is -1.31. The highest BCUT2D eigenvalue weighted by molar-refractivity contribution is 6.09. The first-order valence-corrected chi connectivity index (χ1v) is 5.90. The van der Waals surface area contributed by atoms with Crippen molar-refractivity contribution in [2.24, 2.45) is 7.05 Å².